The van der Waals surface area contributed by atoms with E-state index in [4.69, 9.17) is 5.11 Å². The van der Waals surface area contributed by atoms with E-state index in [0.29, 0.717) is 12.2 Å². The van der Waals surface area contributed by atoms with Crippen LogP contribution in [0.4, 0.5) is 0 Å². The van der Waals surface area contributed by atoms with Gasteiger partial charge in [-0.25, -0.2) is 4.79 Å². The number of carbonyl (C=O) groups is 1. The molecule has 5 nitrogen and oxygen atoms in total. The van der Waals surface area contributed by atoms with E-state index >= 15 is 0 Å². The van der Waals surface area contributed by atoms with Gasteiger partial charge in [-0.3, -0.25) is 10.00 Å². The number of carboxylic acids is 1. The molecule has 1 aliphatic rings. The molecule has 1 aromatic carbocycles. The van der Waals surface area contributed by atoms with Crippen molar-refractivity contribution in [1.29, 1.82) is 0 Å². The third-order valence-electron chi connectivity index (χ3n) is 3.24. The second kappa shape index (κ2) is 4.27. The molecule has 0 bridgehead atoms. The molecule has 1 aromatic heterocycles. The van der Waals surface area contributed by atoms with Crippen LogP contribution in [0, 0.1) is 0 Å². The van der Waals surface area contributed by atoms with E-state index in [1.54, 1.807) is 0 Å². The predicted octanol–water partition coefficient (Wildman–Crippen LogP) is 1.62. The van der Waals surface area contributed by atoms with Crippen molar-refractivity contribution in [3.63, 3.8) is 0 Å². The molecule has 92 valence electrons. The first-order valence-corrected chi connectivity index (χ1v) is 5.78. The van der Waals surface area contributed by atoms with Crippen molar-refractivity contribution in [2.75, 3.05) is 0 Å². The Labute approximate surface area is 104 Å². The number of fused-ring (bicyclic) bond motifs is 1. The lowest BCUT2D eigenvalue weighted by molar-refractivity contribution is 0.0694. The topological polar surface area (TPSA) is 69.2 Å². The average molecular weight is 243 g/mol. The lowest BCUT2D eigenvalue weighted by Crippen LogP contribution is -2.17. The second-order valence-corrected chi connectivity index (χ2v) is 4.48. The van der Waals surface area contributed by atoms with Crippen LogP contribution in [-0.4, -0.2) is 26.2 Å². The normalized spacial score (nSPS) is 14.7. The molecule has 0 saturated heterocycles. The molecule has 0 atom stereocenters. The number of aromatic amines is 1. The smallest absolute Gasteiger partial charge is 0.339 e. The number of aromatic nitrogens is 2. The summed E-state index contributed by atoms with van der Waals surface area (Å²) in [6, 6.07) is 8.28. The lowest BCUT2D eigenvalue weighted by atomic mass is 10.1. The molecule has 5 heteroatoms. The first-order valence-electron chi connectivity index (χ1n) is 5.78. The summed E-state index contributed by atoms with van der Waals surface area (Å²) in [5, 5.41) is 15.6. The maximum absolute atomic E-state index is 11.0. The van der Waals surface area contributed by atoms with Crippen molar-refractivity contribution in [3.05, 3.63) is 52.8 Å². The van der Waals surface area contributed by atoms with Gasteiger partial charge in [-0.15, -0.1) is 0 Å². The van der Waals surface area contributed by atoms with Gasteiger partial charge in [0.2, 0.25) is 0 Å². The van der Waals surface area contributed by atoms with Crippen molar-refractivity contribution < 1.29 is 9.90 Å². The molecule has 0 spiro atoms. The van der Waals surface area contributed by atoms with Crippen molar-refractivity contribution in [3.8, 4) is 0 Å². The zero-order valence-electron chi connectivity index (χ0n) is 9.76. The fourth-order valence-corrected chi connectivity index (χ4v) is 2.36. The molecule has 0 unspecified atom stereocenters. The molecule has 0 radical (unpaired) electrons. The first kappa shape index (κ1) is 11.0. The van der Waals surface area contributed by atoms with Crippen LogP contribution < -0.4 is 0 Å². The van der Waals surface area contributed by atoms with E-state index in [9.17, 15) is 4.79 Å². The van der Waals surface area contributed by atoms with E-state index < -0.39 is 5.97 Å². The number of aromatic carboxylic acids is 1. The summed E-state index contributed by atoms with van der Waals surface area (Å²) in [5.74, 6) is -0.935. The highest BCUT2D eigenvalue weighted by atomic mass is 16.4. The Bertz CT molecular complexity index is 566. The maximum Gasteiger partial charge on any atom is 0.339 e. The Morgan fingerprint density at radius 1 is 1.33 bits per heavy atom. The monoisotopic (exact) mass is 243 g/mol. The average Bonchev–Trinajstić information content (AvgIpc) is 2.94. The minimum atomic E-state index is -0.935. The molecule has 2 N–H and O–H groups in total. The van der Waals surface area contributed by atoms with Gasteiger partial charge in [0.05, 0.1) is 11.9 Å². The number of nitrogens with one attached hydrogen (secondary N) is 1. The minimum absolute atomic E-state index is 0.256. The highest BCUT2D eigenvalue weighted by Crippen LogP contribution is 2.24. The van der Waals surface area contributed by atoms with Crippen molar-refractivity contribution in [2.24, 2.45) is 0 Å². The summed E-state index contributed by atoms with van der Waals surface area (Å²) in [6.07, 6.45) is 1.36. The summed E-state index contributed by atoms with van der Waals surface area (Å²) in [6.45, 7) is 2.29. The molecule has 18 heavy (non-hydrogen) atoms. The predicted molar refractivity (Wildman–Crippen MR) is 64.9 cm³/mol. The van der Waals surface area contributed by atoms with E-state index in [1.165, 1.54) is 17.3 Å². The minimum Gasteiger partial charge on any atom is -0.478 e. The molecular formula is C13H13N3O2. The summed E-state index contributed by atoms with van der Waals surface area (Å²) >= 11 is 0. The van der Waals surface area contributed by atoms with E-state index in [-0.39, 0.29) is 5.56 Å². The quantitative estimate of drug-likeness (QED) is 0.859. The number of hydrogen-bond acceptors (Lipinski definition) is 3. The molecule has 0 saturated carbocycles. The fourth-order valence-electron chi connectivity index (χ4n) is 2.36. The van der Waals surface area contributed by atoms with Crippen LogP contribution in [0.3, 0.4) is 0 Å². The van der Waals surface area contributed by atoms with Crippen LogP contribution in [0.25, 0.3) is 0 Å². The number of nitrogens with zero attached hydrogens (tertiary/aromatic N) is 2. The van der Waals surface area contributed by atoms with Crippen LogP contribution >= 0.6 is 0 Å². The van der Waals surface area contributed by atoms with Crippen molar-refractivity contribution in [2.45, 2.75) is 19.6 Å². The van der Waals surface area contributed by atoms with Gasteiger partial charge in [0.15, 0.2) is 0 Å². The summed E-state index contributed by atoms with van der Waals surface area (Å²) < 4.78 is 0. The van der Waals surface area contributed by atoms with Crippen LogP contribution in [0.2, 0.25) is 0 Å². The number of hydrogen-bond donors (Lipinski definition) is 2. The highest BCUT2D eigenvalue weighted by molar-refractivity contribution is 5.88. The molecule has 0 aliphatic carbocycles. The van der Waals surface area contributed by atoms with E-state index in [1.807, 2.05) is 12.1 Å². The molecular weight excluding hydrogens is 230 g/mol. The Balaban J connectivity index is 1.76. The number of rotatable bonds is 3. The van der Waals surface area contributed by atoms with Gasteiger partial charge in [0.25, 0.3) is 0 Å². The van der Waals surface area contributed by atoms with Gasteiger partial charge in [0, 0.05) is 19.6 Å². The Morgan fingerprint density at radius 3 is 2.61 bits per heavy atom. The maximum atomic E-state index is 11.0. The van der Waals surface area contributed by atoms with E-state index in [0.717, 1.165) is 13.1 Å². The summed E-state index contributed by atoms with van der Waals surface area (Å²) in [7, 11) is 0. The van der Waals surface area contributed by atoms with Gasteiger partial charge in [-0.05, 0) is 11.1 Å². The van der Waals surface area contributed by atoms with Gasteiger partial charge < -0.3 is 5.11 Å². The van der Waals surface area contributed by atoms with Crippen molar-refractivity contribution >= 4 is 5.97 Å². The molecule has 2 aromatic rings. The zero-order valence-corrected chi connectivity index (χ0v) is 9.76. The van der Waals surface area contributed by atoms with Crippen LogP contribution in [0.5, 0.6) is 0 Å². The summed E-state index contributed by atoms with van der Waals surface area (Å²) in [4.78, 5) is 13.2. The molecule has 0 fully saturated rings. The zero-order chi connectivity index (χ0) is 12.5. The summed E-state index contributed by atoms with van der Waals surface area (Å²) in [5.41, 5.74) is 3.55. The Hall–Kier alpha value is -2.14. The molecule has 1 aliphatic heterocycles. The van der Waals surface area contributed by atoms with Crippen LogP contribution in [0.1, 0.15) is 27.2 Å². The van der Waals surface area contributed by atoms with Gasteiger partial charge in [0.1, 0.15) is 5.56 Å². The molecule has 2 heterocycles. The first-order chi connectivity index (χ1) is 8.74. The Morgan fingerprint density at radius 2 is 2.00 bits per heavy atom. The largest absolute Gasteiger partial charge is 0.478 e. The van der Waals surface area contributed by atoms with Gasteiger partial charge in [-0.1, -0.05) is 24.3 Å². The SMILES string of the molecule is O=C(O)c1cn[nH]c1CN1Cc2ccccc2C1. The fraction of sp³-hybridized carbons (Fsp3) is 0.231. The lowest BCUT2D eigenvalue weighted by Gasteiger charge is -2.13. The number of carboxylic acid groups (broad SMARTS) is 1. The molecule has 3 rings (SSSR count). The van der Waals surface area contributed by atoms with Crippen LogP contribution in [-0.2, 0) is 19.6 Å². The van der Waals surface area contributed by atoms with E-state index in [2.05, 4.69) is 27.2 Å². The van der Waals surface area contributed by atoms with Crippen molar-refractivity contribution in [1.82, 2.24) is 15.1 Å². The second-order valence-electron chi connectivity index (χ2n) is 4.48. The van der Waals surface area contributed by atoms with Gasteiger partial charge >= 0.3 is 5.97 Å². The third-order valence-corrected chi connectivity index (χ3v) is 3.24. The Kier molecular flexibility index (Phi) is 2.60. The number of H-pyrrole nitrogens is 1. The number of benzene rings is 1. The van der Waals surface area contributed by atoms with Gasteiger partial charge in [-0.2, -0.15) is 5.10 Å². The highest BCUT2D eigenvalue weighted by Gasteiger charge is 2.21. The van der Waals surface area contributed by atoms with Crippen LogP contribution in [0.15, 0.2) is 30.5 Å². The molecule has 0 amide bonds. The standard InChI is InChI=1S/C13H13N3O2/c17-13(18)11-5-14-15-12(11)8-16-6-9-3-1-2-4-10(9)7-16/h1-5H,6-8H2,(H,14,15)(H,17,18). The third kappa shape index (κ3) is 1.89.